The van der Waals surface area contributed by atoms with Crippen LogP contribution >= 0.6 is 0 Å². The molecule has 2 aromatic rings. The average molecular weight is 380 g/mol. The van der Waals surface area contributed by atoms with Crippen LogP contribution in [0, 0.1) is 5.92 Å². The fraction of sp³-hybridized carbons (Fsp3) is 0.391. The van der Waals surface area contributed by atoms with Crippen molar-refractivity contribution in [3.63, 3.8) is 0 Å². The third kappa shape index (κ3) is 4.35. The van der Waals surface area contributed by atoms with Crippen LogP contribution in [-0.2, 0) is 17.8 Å². The SMILES string of the molecule is CCOc1ccc(CCNC(=O)[C@@H](C(C)C)N2Cc3ccccc3C2=O)cc1. The highest BCUT2D eigenvalue weighted by atomic mass is 16.5. The molecule has 0 aliphatic carbocycles. The van der Waals surface area contributed by atoms with E-state index >= 15 is 0 Å². The second kappa shape index (κ2) is 8.91. The number of carbonyl (C=O) groups excluding carboxylic acids is 2. The van der Waals surface area contributed by atoms with Gasteiger partial charge in [-0.15, -0.1) is 0 Å². The van der Waals surface area contributed by atoms with Crippen molar-refractivity contribution >= 4 is 11.8 Å². The molecule has 1 atom stereocenters. The molecule has 28 heavy (non-hydrogen) atoms. The first-order valence-corrected chi connectivity index (χ1v) is 9.89. The maximum absolute atomic E-state index is 12.9. The molecule has 3 rings (SSSR count). The van der Waals surface area contributed by atoms with Crippen molar-refractivity contribution in [3.05, 3.63) is 65.2 Å². The quantitative estimate of drug-likeness (QED) is 0.763. The summed E-state index contributed by atoms with van der Waals surface area (Å²) >= 11 is 0. The van der Waals surface area contributed by atoms with Crippen molar-refractivity contribution in [1.82, 2.24) is 10.2 Å². The number of nitrogens with zero attached hydrogens (tertiary/aromatic N) is 1. The zero-order valence-electron chi connectivity index (χ0n) is 16.8. The monoisotopic (exact) mass is 380 g/mol. The number of amides is 2. The van der Waals surface area contributed by atoms with Gasteiger partial charge in [0.2, 0.25) is 5.91 Å². The predicted molar refractivity (Wildman–Crippen MR) is 109 cm³/mol. The first kappa shape index (κ1) is 19.9. The first-order chi connectivity index (χ1) is 13.5. The van der Waals surface area contributed by atoms with E-state index in [1.807, 2.05) is 69.3 Å². The lowest BCUT2D eigenvalue weighted by atomic mass is 10.0. The molecule has 5 nitrogen and oxygen atoms in total. The molecule has 0 saturated heterocycles. The molecule has 0 fully saturated rings. The lowest BCUT2D eigenvalue weighted by Gasteiger charge is -2.30. The van der Waals surface area contributed by atoms with Gasteiger partial charge in [-0.3, -0.25) is 9.59 Å². The van der Waals surface area contributed by atoms with Gasteiger partial charge >= 0.3 is 0 Å². The van der Waals surface area contributed by atoms with E-state index in [0.29, 0.717) is 25.3 Å². The lowest BCUT2D eigenvalue weighted by Crippen LogP contribution is -2.50. The minimum atomic E-state index is -0.472. The number of hydrogen-bond acceptors (Lipinski definition) is 3. The molecular formula is C23H28N2O3. The summed E-state index contributed by atoms with van der Waals surface area (Å²) in [6, 6.07) is 15.0. The topological polar surface area (TPSA) is 58.6 Å². The Morgan fingerprint density at radius 2 is 1.86 bits per heavy atom. The summed E-state index contributed by atoms with van der Waals surface area (Å²) in [6.07, 6.45) is 0.733. The Balaban J connectivity index is 1.59. The van der Waals surface area contributed by atoms with Crippen molar-refractivity contribution in [2.24, 2.45) is 5.92 Å². The van der Waals surface area contributed by atoms with Crippen LogP contribution in [0.15, 0.2) is 48.5 Å². The maximum Gasteiger partial charge on any atom is 0.255 e. The Morgan fingerprint density at radius 3 is 2.50 bits per heavy atom. The van der Waals surface area contributed by atoms with Crippen molar-refractivity contribution in [3.8, 4) is 5.75 Å². The molecule has 0 saturated carbocycles. The Hall–Kier alpha value is -2.82. The van der Waals surface area contributed by atoms with Crippen molar-refractivity contribution < 1.29 is 14.3 Å². The average Bonchev–Trinajstić information content (AvgIpc) is 3.00. The highest BCUT2D eigenvalue weighted by molar-refractivity contribution is 6.01. The molecule has 2 amide bonds. The largest absolute Gasteiger partial charge is 0.494 e. The first-order valence-electron chi connectivity index (χ1n) is 9.89. The summed E-state index contributed by atoms with van der Waals surface area (Å²) in [5.74, 6) is 0.726. The van der Waals surface area contributed by atoms with Gasteiger partial charge in [0.1, 0.15) is 11.8 Å². The number of fused-ring (bicyclic) bond motifs is 1. The maximum atomic E-state index is 12.9. The van der Waals surface area contributed by atoms with Gasteiger partial charge in [0.05, 0.1) is 6.61 Å². The number of carbonyl (C=O) groups is 2. The number of rotatable bonds is 8. The number of hydrogen-bond donors (Lipinski definition) is 1. The van der Waals surface area contributed by atoms with Crippen LogP contribution in [0.4, 0.5) is 0 Å². The summed E-state index contributed by atoms with van der Waals surface area (Å²) in [7, 11) is 0. The second-order valence-corrected chi connectivity index (χ2v) is 7.40. The van der Waals surface area contributed by atoms with Crippen LogP contribution < -0.4 is 10.1 Å². The van der Waals surface area contributed by atoms with E-state index in [1.165, 1.54) is 0 Å². The molecule has 1 heterocycles. The minimum absolute atomic E-state index is 0.0312. The molecule has 1 N–H and O–H groups in total. The van der Waals surface area contributed by atoms with Gasteiger partial charge in [0, 0.05) is 18.7 Å². The van der Waals surface area contributed by atoms with E-state index in [2.05, 4.69) is 5.32 Å². The van der Waals surface area contributed by atoms with Crippen LogP contribution in [0.25, 0.3) is 0 Å². The summed E-state index contributed by atoms with van der Waals surface area (Å²) in [6.45, 7) is 7.58. The third-order valence-corrected chi connectivity index (χ3v) is 5.03. The number of ether oxygens (including phenoxy) is 1. The molecule has 0 aromatic heterocycles. The predicted octanol–water partition coefficient (Wildman–Crippen LogP) is 3.42. The molecule has 0 spiro atoms. The van der Waals surface area contributed by atoms with Crippen molar-refractivity contribution in [2.45, 2.75) is 39.8 Å². The second-order valence-electron chi connectivity index (χ2n) is 7.40. The highest BCUT2D eigenvalue weighted by Gasteiger charge is 2.37. The molecule has 1 aliphatic heterocycles. The molecule has 0 radical (unpaired) electrons. The molecule has 5 heteroatoms. The smallest absolute Gasteiger partial charge is 0.255 e. The van der Waals surface area contributed by atoms with E-state index in [1.54, 1.807) is 4.90 Å². The van der Waals surface area contributed by atoms with Crippen LogP contribution in [-0.4, -0.2) is 35.9 Å². The summed E-state index contributed by atoms with van der Waals surface area (Å²) < 4.78 is 5.45. The molecule has 1 aliphatic rings. The van der Waals surface area contributed by atoms with E-state index in [9.17, 15) is 9.59 Å². The van der Waals surface area contributed by atoms with E-state index in [0.717, 1.165) is 23.3 Å². The fourth-order valence-electron chi connectivity index (χ4n) is 3.66. The zero-order chi connectivity index (χ0) is 20.1. The molecule has 2 aromatic carbocycles. The Kier molecular flexibility index (Phi) is 6.34. The standard InChI is InChI=1S/C23H28N2O3/c1-4-28-19-11-9-17(10-12-19)13-14-24-22(26)21(16(2)3)25-15-18-7-5-6-8-20(18)23(25)27/h5-12,16,21H,4,13-15H2,1-3H3,(H,24,26)/t21-/m1/s1. The molecule has 0 unspecified atom stereocenters. The van der Waals surface area contributed by atoms with Gasteiger partial charge in [0.25, 0.3) is 5.91 Å². The van der Waals surface area contributed by atoms with Gasteiger partial charge < -0.3 is 15.0 Å². The Bertz CT molecular complexity index is 830. The van der Waals surface area contributed by atoms with Gasteiger partial charge in [0.15, 0.2) is 0 Å². The van der Waals surface area contributed by atoms with Crippen molar-refractivity contribution in [1.29, 1.82) is 0 Å². The summed E-state index contributed by atoms with van der Waals surface area (Å²) in [4.78, 5) is 27.3. The lowest BCUT2D eigenvalue weighted by molar-refractivity contribution is -0.127. The summed E-state index contributed by atoms with van der Waals surface area (Å²) in [5.41, 5.74) is 2.82. The van der Waals surface area contributed by atoms with Crippen LogP contribution in [0.2, 0.25) is 0 Å². The molecular weight excluding hydrogens is 352 g/mol. The fourth-order valence-corrected chi connectivity index (χ4v) is 3.66. The zero-order valence-corrected chi connectivity index (χ0v) is 16.8. The highest BCUT2D eigenvalue weighted by Crippen LogP contribution is 2.27. The third-order valence-electron chi connectivity index (χ3n) is 5.03. The Labute approximate surface area is 166 Å². The van der Waals surface area contributed by atoms with Crippen molar-refractivity contribution in [2.75, 3.05) is 13.2 Å². The summed E-state index contributed by atoms with van der Waals surface area (Å²) in [5, 5.41) is 3.01. The van der Waals surface area contributed by atoms with Crippen LogP contribution in [0.1, 0.15) is 42.3 Å². The van der Waals surface area contributed by atoms with Gasteiger partial charge in [-0.05, 0) is 48.6 Å². The Morgan fingerprint density at radius 1 is 1.14 bits per heavy atom. The van der Waals surface area contributed by atoms with E-state index in [-0.39, 0.29) is 17.7 Å². The molecule has 148 valence electrons. The van der Waals surface area contributed by atoms with Gasteiger partial charge in [-0.2, -0.15) is 0 Å². The van der Waals surface area contributed by atoms with Gasteiger partial charge in [-0.25, -0.2) is 0 Å². The van der Waals surface area contributed by atoms with E-state index in [4.69, 9.17) is 4.74 Å². The van der Waals surface area contributed by atoms with Crippen LogP contribution in [0.5, 0.6) is 5.75 Å². The van der Waals surface area contributed by atoms with Gasteiger partial charge in [-0.1, -0.05) is 44.2 Å². The van der Waals surface area contributed by atoms with Crippen LogP contribution in [0.3, 0.4) is 0 Å². The normalized spacial score (nSPS) is 14.1. The molecule has 0 bridgehead atoms. The minimum Gasteiger partial charge on any atom is -0.494 e. The number of nitrogens with one attached hydrogen (secondary N) is 1. The number of benzene rings is 2. The van der Waals surface area contributed by atoms with E-state index < -0.39 is 6.04 Å².